The number of nitrogens with zero attached hydrogens (tertiary/aromatic N) is 2. The highest BCUT2D eigenvalue weighted by Crippen LogP contribution is 2.25. The highest BCUT2D eigenvalue weighted by molar-refractivity contribution is 7.98. The van der Waals surface area contributed by atoms with Crippen molar-refractivity contribution in [3.63, 3.8) is 0 Å². The van der Waals surface area contributed by atoms with Gasteiger partial charge in [-0.2, -0.15) is 0 Å². The monoisotopic (exact) mass is 404 g/mol. The molecule has 1 amide bonds. The lowest BCUT2D eigenvalue weighted by Gasteiger charge is -2.17. The second-order valence-electron chi connectivity index (χ2n) is 5.77. The Labute approximate surface area is 166 Å². The van der Waals surface area contributed by atoms with E-state index in [1.807, 2.05) is 30.5 Å². The molecule has 0 saturated carbocycles. The first-order chi connectivity index (χ1) is 13.4. The van der Waals surface area contributed by atoms with Gasteiger partial charge in [-0.3, -0.25) is 14.9 Å². The van der Waals surface area contributed by atoms with Crippen LogP contribution in [0.2, 0.25) is 0 Å². The summed E-state index contributed by atoms with van der Waals surface area (Å²) < 4.78 is 10.0. The molecule has 0 heterocycles. The zero-order valence-electron chi connectivity index (χ0n) is 15.5. The molecule has 8 nitrogen and oxygen atoms in total. The van der Waals surface area contributed by atoms with Crippen LogP contribution < -0.4 is 4.74 Å². The quantitative estimate of drug-likeness (QED) is 0.274. The molecule has 28 heavy (non-hydrogen) atoms. The van der Waals surface area contributed by atoms with Gasteiger partial charge in [-0.1, -0.05) is 24.3 Å². The zero-order valence-corrected chi connectivity index (χ0v) is 16.3. The summed E-state index contributed by atoms with van der Waals surface area (Å²) in [6.07, 6.45) is 1.98. The summed E-state index contributed by atoms with van der Waals surface area (Å²) in [5, 5.41) is 10.9. The fourth-order valence-electron chi connectivity index (χ4n) is 2.25. The van der Waals surface area contributed by atoms with Crippen LogP contribution in [0.4, 0.5) is 5.69 Å². The number of para-hydroxylation sites is 2. The lowest BCUT2D eigenvalue weighted by atomic mass is 10.2. The van der Waals surface area contributed by atoms with E-state index >= 15 is 0 Å². The van der Waals surface area contributed by atoms with Crippen molar-refractivity contribution < 1.29 is 24.0 Å². The minimum Gasteiger partial charge on any atom is -0.475 e. The number of carbonyl (C=O) groups excluding carboxylic acids is 2. The van der Waals surface area contributed by atoms with Crippen molar-refractivity contribution in [3.05, 3.63) is 64.2 Å². The van der Waals surface area contributed by atoms with Gasteiger partial charge in [-0.25, -0.2) is 4.79 Å². The maximum absolute atomic E-state index is 12.1. The molecule has 2 rings (SSSR count). The Morgan fingerprint density at radius 3 is 2.43 bits per heavy atom. The Morgan fingerprint density at radius 2 is 1.79 bits per heavy atom. The number of hydrogen-bond donors (Lipinski definition) is 0. The molecule has 2 aromatic rings. The van der Waals surface area contributed by atoms with Crippen molar-refractivity contribution in [2.24, 2.45) is 0 Å². The number of hydrogen-bond acceptors (Lipinski definition) is 7. The van der Waals surface area contributed by atoms with Crippen molar-refractivity contribution in [3.8, 4) is 5.75 Å². The van der Waals surface area contributed by atoms with E-state index in [0.29, 0.717) is 6.54 Å². The highest BCUT2D eigenvalue weighted by Gasteiger charge is 2.17. The second kappa shape index (κ2) is 10.3. The van der Waals surface area contributed by atoms with Crippen molar-refractivity contribution in [2.75, 3.05) is 26.5 Å². The van der Waals surface area contributed by atoms with E-state index < -0.39 is 24.1 Å². The average molecular weight is 404 g/mol. The molecule has 0 unspecified atom stereocenters. The number of nitro groups is 1. The van der Waals surface area contributed by atoms with Gasteiger partial charge in [-0.15, -0.1) is 11.8 Å². The van der Waals surface area contributed by atoms with Crippen LogP contribution in [0.5, 0.6) is 5.75 Å². The molecule has 0 aliphatic heterocycles. The number of esters is 1. The molecule has 0 fully saturated rings. The number of amides is 1. The van der Waals surface area contributed by atoms with Crippen LogP contribution in [-0.2, 0) is 20.9 Å². The Balaban J connectivity index is 1.78. The summed E-state index contributed by atoms with van der Waals surface area (Å²) in [5.41, 5.74) is 0.707. The molecule has 148 valence electrons. The normalized spacial score (nSPS) is 10.2. The van der Waals surface area contributed by atoms with Gasteiger partial charge in [0.2, 0.25) is 0 Å². The summed E-state index contributed by atoms with van der Waals surface area (Å²) in [6, 6.07) is 13.5. The highest BCUT2D eigenvalue weighted by atomic mass is 32.2. The van der Waals surface area contributed by atoms with Gasteiger partial charge in [0.15, 0.2) is 19.0 Å². The van der Waals surface area contributed by atoms with Crippen LogP contribution in [0.1, 0.15) is 5.56 Å². The van der Waals surface area contributed by atoms with Crippen LogP contribution in [0.15, 0.2) is 53.4 Å². The summed E-state index contributed by atoms with van der Waals surface area (Å²) in [7, 11) is 1.61. The number of benzene rings is 2. The third-order valence-corrected chi connectivity index (χ3v) is 4.51. The molecule has 0 aromatic heterocycles. The Morgan fingerprint density at radius 1 is 1.11 bits per heavy atom. The average Bonchev–Trinajstić information content (AvgIpc) is 2.71. The summed E-state index contributed by atoms with van der Waals surface area (Å²) >= 11 is 1.63. The molecule has 0 aliphatic carbocycles. The van der Waals surface area contributed by atoms with E-state index in [9.17, 15) is 19.7 Å². The third-order valence-electron chi connectivity index (χ3n) is 3.77. The second-order valence-corrected chi connectivity index (χ2v) is 6.65. The smallest absolute Gasteiger partial charge is 0.344 e. The lowest BCUT2D eigenvalue weighted by Crippen LogP contribution is -2.31. The van der Waals surface area contributed by atoms with Crippen molar-refractivity contribution in [2.45, 2.75) is 11.4 Å². The molecule has 0 saturated heterocycles. The predicted molar refractivity (Wildman–Crippen MR) is 104 cm³/mol. The molecule has 0 spiro atoms. The van der Waals surface area contributed by atoms with Gasteiger partial charge in [0.1, 0.15) is 0 Å². The molecule has 0 bridgehead atoms. The minimum atomic E-state index is -0.788. The number of thioether (sulfide) groups is 1. The van der Waals surface area contributed by atoms with Crippen LogP contribution >= 0.6 is 11.8 Å². The van der Waals surface area contributed by atoms with E-state index in [1.165, 1.54) is 23.1 Å². The Bertz CT molecular complexity index is 841. The fraction of sp³-hybridized carbons (Fsp3) is 0.263. The summed E-state index contributed by atoms with van der Waals surface area (Å²) in [4.78, 5) is 36.7. The number of ether oxygens (including phenoxy) is 2. The number of nitro benzene ring substituents is 1. The van der Waals surface area contributed by atoms with Gasteiger partial charge < -0.3 is 14.4 Å². The Hall–Kier alpha value is -3.07. The third kappa shape index (κ3) is 6.27. The summed E-state index contributed by atoms with van der Waals surface area (Å²) in [5.74, 6) is -1.20. The van der Waals surface area contributed by atoms with Crippen molar-refractivity contribution in [1.29, 1.82) is 0 Å². The Kier molecular flexibility index (Phi) is 7.82. The number of likely N-dealkylation sites (N-methyl/N-ethyl adjacent to an activating group) is 1. The van der Waals surface area contributed by atoms with Gasteiger partial charge in [0.25, 0.3) is 5.91 Å². The van der Waals surface area contributed by atoms with Gasteiger partial charge in [0.05, 0.1) is 4.92 Å². The van der Waals surface area contributed by atoms with Gasteiger partial charge in [-0.05, 0) is 30.0 Å². The number of rotatable bonds is 9. The maximum atomic E-state index is 12.1. The molecular weight excluding hydrogens is 384 g/mol. The van der Waals surface area contributed by atoms with Gasteiger partial charge in [0, 0.05) is 24.6 Å². The standard InChI is InChI=1S/C19H20N2O6S/c1-20(11-14-7-9-15(28-2)10-8-14)18(22)12-27-19(23)13-26-17-6-4-3-5-16(17)21(24)25/h3-10H,11-13H2,1-2H3. The SMILES string of the molecule is CSc1ccc(CN(C)C(=O)COC(=O)COc2ccccc2[N+](=O)[O-])cc1. The lowest BCUT2D eigenvalue weighted by molar-refractivity contribution is -0.385. The first kappa shape index (κ1) is 21.2. The van der Waals surface area contributed by atoms with E-state index in [-0.39, 0.29) is 17.3 Å². The van der Waals surface area contributed by atoms with Crippen molar-refractivity contribution >= 4 is 29.3 Å². The van der Waals surface area contributed by atoms with Crippen molar-refractivity contribution in [1.82, 2.24) is 4.90 Å². The predicted octanol–water partition coefficient (Wildman–Crippen LogP) is 2.90. The van der Waals surface area contributed by atoms with E-state index in [0.717, 1.165) is 10.5 Å². The molecular formula is C19H20N2O6S. The largest absolute Gasteiger partial charge is 0.475 e. The molecule has 9 heteroatoms. The van der Waals surface area contributed by atoms with Crippen LogP contribution in [-0.4, -0.2) is 48.2 Å². The van der Waals surface area contributed by atoms with Gasteiger partial charge >= 0.3 is 11.7 Å². The molecule has 0 aliphatic rings. The number of carbonyl (C=O) groups is 2. The van der Waals surface area contributed by atoms with E-state index in [1.54, 1.807) is 24.9 Å². The topological polar surface area (TPSA) is 99.0 Å². The van der Waals surface area contributed by atoms with Crippen LogP contribution in [0, 0.1) is 10.1 Å². The first-order valence-corrected chi connectivity index (χ1v) is 9.52. The molecule has 0 radical (unpaired) electrons. The van der Waals surface area contributed by atoms with Crippen LogP contribution in [0.25, 0.3) is 0 Å². The first-order valence-electron chi connectivity index (χ1n) is 8.29. The summed E-state index contributed by atoms with van der Waals surface area (Å²) in [6.45, 7) is -0.575. The van der Waals surface area contributed by atoms with E-state index in [2.05, 4.69) is 0 Å². The van der Waals surface area contributed by atoms with E-state index in [4.69, 9.17) is 9.47 Å². The minimum absolute atomic E-state index is 0.0402. The molecule has 0 atom stereocenters. The molecule has 0 N–H and O–H groups in total. The molecule has 2 aromatic carbocycles. The maximum Gasteiger partial charge on any atom is 0.344 e. The zero-order chi connectivity index (χ0) is 20.5. The van der Waals surface area contributed by atoms with Crippen LogP contribution in [0.3, 0.4) is 0 Å². The fourth-order valence-corrected chi connectivity index (χ4v) is 2.66.